The highest BCUT2D eigenvalue weighted by Gasteiger charge is 2.04. The van der Waals surface area contributed by atoms with Crippen LogP contribution in [0, 0.1) is 0 Å². The number of benzene rings is 1. The van der Waals surface area contributed by atoms with Crippen LogP contribution in [-0.4, -0.2) is 22.6 Å². The molecule has 0 radical (unpaired) electrons. The van der Waals surface area contributed by atoms with Crippen molar-refractivity contribution in [3.8, 4) is 11.4 Å². The molecule has 3 heteroatoms. The quantitative estimate of drug-likeness (QED) is 0.758. The van der Waals surface area contributed by atoms with E-state index in [2.05, 4.69) is 52.3 Å². The van der Waals surface area contributed by atoms with Crippen molar-refractivity contribution in [2.24, 2.45) is 0 Å². The standard InChI is InChI=1S/C15H21N3/c1-2-16-10-6-7-12-18-13-11-17-15(18)14-8-4-3-5-9-14/h3-5,8-9,11,13,16H,2,6-7,10,12H2,1H3. The molecule has 96 valence electrons. The Hall–Kier alpha value is -1.61. The van der Waals surface area contributed by atoms with Crippen molar-refractivity contribution in [3.05, 3.63) is 42.7 Å². The average Bonchev–Trinajstić information content (AvgIpc) is 2.88. The van der Waals surface area contributed by atoms with Gasteiger partial charge in [-0.3, -0.25) is 0 Å². The first kappa shape index (κ1) is 12.8. The van der Waals surface area contributed by atoms with E-state index in [1.807, 2.05) is 12.3 Å². The fourth-order valence-corrected chi connectivity index (χ4v) is 2.05. The van der Waals surface area contributed by atoms with Crippen LogP contribution >= 0.6 is 0 Å². The van der Waals surface area contributed by atoms with Gasteiger partial charge in [-0.25, -0.2) is 4.98 Å². The summed E-state index contributed by atoms with van der Waals surface area (Å²) in [7, 11) is 0. The Morgan fingerprint density at radius 3 is 2.78 bits per heavy atom. The Kier molecular flexibility index (Phi) is 4.97. The van der Waals surface area contributed by atoms with Crippen LogP contribution < -0.4 is 5.32 Å². The number of nitrogens with zero attached hydrogens (tertiary/aromatic N) is 2. The lowest BCUT2D eigenvalue weighted by Gasteiger charge is -2.08. The lowest BCUT2D eigenvalue weighted by Crippen LogP contribution is -2.14. The number of hydrogen-bond donors (Lipinski definition) is 1. The normalized spacial score (nSPS) is 10.7. The Balaban J connectivity index is 1.92. The Bertz CT molecular complexity index is 448. The second-order valence-electron chi connectivity index (χ2n) is 4.37. The van der Waals surface area contributed by atoms with Gasteiger partial charge in [0.05, 0.1) is 0 Å². The minimum atomic E-state index is 1.04. The van der Waals surface area contributed by atoms with E-state index in [1.165, 1.54) is 18.4 Å². The number of nitrogens with one attached hydrogen (secondary N) is 1. The van der Waals surface area contributed by atoms with Gasteiger partial charge in [-0.2, -0.15) is 0 Å². The molecule has 0 saturated heterocycles. The van der Waals surface area contributed by atoms with Gasteiger partial charge in [0, 0.05) is 24.5 Å². The highest BCUT2D eigenvalue weighted by Crippen LogP contribution is 2.17. The summed E-state index contributed by atoms with van der Waals surface area (Å²) in [5.41, 5.74) is 1.19. The van der Waals surface area contributed by atoms with Gasteiger partial charge in [0.2, 0.25) is 0 Å². The first-order valence-electron chi connectivity index (χ1n) is 6.69. The summed E-state index contributed by atoms with van der Waals surface area (Å²) in [4.78, 5) is 4.45. The van der Waals surface area contributed by atoms with E-state index in [4.69, 9.17) is 0 Å². The van der Waals surface area contributed by atoms with Gasteiger partial charge in [0.25, 0.3) is 0 Å². The summed E-state index contributed by atoms with van der Waals surface area (Å²) in [6.45, 7) is 5.34. The molecular weight excluding hydrogens is 222 g/mol. The number of aromatic nitrogens is 2. The molecule has 0 bridgehead atoms. The predicted molar refractivity (Wildman–Crippen MR) is 75.4 cm³/mol. The van der Waals surface area contributed by atoms with Crippen molar-refractivity contribution in [1.29, 1.82) is 0 Å². The van der Waals surface area contributed by atoms with E-state index in [9.17, 15) is 0 Å². The summed E-state index contributed by atoms with van der Waals surface area (Å²) >= 11 is 0. The second kappa shape index (κ2) is 6.97. The zero-order chi connectivity index (χ0) is 12.6. The van der Waals surface area contributed by atoms with Gasteiger partial charge in [-0.15, -0.1) is 0 Å². The number of aryl methyl sites for hydroxylation is 1. The lowest BCUT2D eigenvalue weighted by atomic mass is 10.2. The monoisotopic (exact) mass is 243 g/mol. The third-order valence-electron chi connectivity index (χ3n) is 3.00. The van der Waals surface area contributed by atoms with Gasteiger partial charge in [0.1, 0.15) is 5.82 Å². The van der Waals surface area contributed by atoms with Crippen molar-refractivity contribution in [2.75, 3.05) is 13.1 Å². The van der Waals surface area contributed by atoms with E-state index < -0.39 is 0 Å². The number of unbranched alkanes of at least 4 members (excludes halogenated alkanes) is 1. The summed E-state index contributed by atoms with van der Waals surface area (Å²) < 4.78 is 2.24. The van der Waals surface area contributed by atoms with Gasteiger partial charge in [-0.05, 0) is 25.9 Å². The van der Waals surface area contributed by atoms with E-state index in [-0.39, 0.29) is 0 Å². The number of imidazole rings is 1. The predicted octanol–water partition coefficient (Wildman–Crippen LogP) is 2.94. The van der Waals surface area contributed by atoms with Crippen LogP contribution in [0.5, 0.6) is 0 Å². The maximum Gasteiger partial charge on any atom is 0.139 e. The van der Waals surface area contributed by atoms with Crippen LogP contribution in [-0.2, 0) is 6.54 Å². The third-order valence-corrected chi connectivity index (χ3v) is 3.00. The lowest BCUT2D eigenvalue weighted by molar-refractivity contribution is 0.579. The van der Waals surface area contributed by atoms with Crippen LogP contribution in [0.3, 0.4) is 0 Å². The van der Waals surface area contributed by atoms with Crippen LogP contribution in [0.15, 0.2) is 42.7 Å². The molecule has 0 saturated carbocycles. The zero-order valence-corrected chi connectivity index (χ0v) is 11.0. The van der Waals surface area contributed by atoms with Gasteiger partial charge in [-0.1, -0.05) is 37.3 Å². The zero-order valence-electron chi connectivity index (χ0n) is 11.0. The van der Waals surface area contributed by atoms with Crippen molar-refractivity contribution < 1.29 is 0 Å². The minimum Gasteiger partial charge on any atom is -0.331 e. The molecule has 0 fully saturated rings. The van der Waals surface area contributed by atoms with E-state index >= 15 is 0 Å². The maximum absolute atomic E-state index is 4.45. The minimum absolute atomic E-state index is 1.04. The molecule has 1 heterocycles. The summed E-state index contributed by atoms with van der Waals surface area (Å²) in [5, 5.41) is 3.35. The smallest absolute Gasteiger partial charge is 0.139 e. The van der Waals surface area contributed by atoms with Crippen molar-refractivity contribution in [3.63, 3.8) is 0 Å². The molecule has 1 N–H and O–H groups in total. The Morgan fingerprint density at radius 2 is 2.00 bits per heavy atom. The molecule has 1 aromatic carbocycles. The molecule has 18 heavy (non-hydrogen) atoms. The van der Waals surface area contributed by atoms with Gasteiger partial charge >= 0.3 is 0 Å². The first-order valence-corrected chi connectivity index (χ1v) is 6.69. The number of hydrogen-bond acceptors (Lipinski definition) is 2. The van der Waals surface area contributed by atoms with E-state index in [0.29, 0.717) is 0 Å². The average molecular weight is 243 g/mol. The molecule has 0 aliphatic carbocycles. The molecule has 0 aliphatic rings. The molecular formula is C15H21N3. The molecule has 0 aliphatic heterocycles. The van der Waals surface area contributed by atoms with Crippen molar-refractivity contribution in [2.45, 2.75) is 26.3 Å². The van der Waals surface area contributed by atoms with E-state index in [1.54, 1.807) is 0 Å². The Labute approximate surface area is 109 Å². The fourth-order valence-electron chi connectivity index (χ4n) is 2.05. The molecule has 3 nitrogen and oxygen atoms in total. The highest BCUT2D eigenvalue weighted by molar-refractivity contribution is 5.54. The molecule has 0 unspecified atom stereocenters. The molecule has 2 aromatic rings. The molecule has 0 spiro atoms. The van der Waals surface area contributed by atoms with E-state index in [0.717, 1.165) is 25.5 Å². The summed E-state index contributed by atoms with van der Waals surface area (Å²) in [6.07, 6.45) is 6.34. The summed E-state index contributed by atoms with van der Waals surface area (Å²) in [5.74, 6) is 1.07. The topological polar surface area (TPSA) is 29.9 Å². The van der Waals surface area contributed by atoms with Crippen molar-refractivity contribution >= 4 is 0 Å². The summed E-state index contributed by atoms with van der Waals surface area (Å²) in [6, 6.07) is 10.4. The van der Waals surface area contributed by atoms with Crippen molar-refractivity contribution in [1.82, 2.24) is 14.9 Å². The second-order valence-corrected chi connectivity index (χ2v) is 4.37. The maximum atomic E-state index is 4.45. The van der Waals surface area contributed by atoms with Crippen LogP contribution in [0.2, 0.25) is 0 Å². The molecule has 0 amide bonds. The van der Waals surface area contributed by atoms with Crippen LogP contribution in [0.25, 0.3) is 11.4 Å². The van der Waals surface area contributed by atoms with Crippen LogP contribution in [0.1, 0.15) is 19.8 Å². The van der Waals surface area contributed by atoms with Gasteiger partial charge < -0.3 is 9.88 Å². The largest absolute Gasteiger partial charge is 0.331 e. The number of rotatable bonds is 7. The molecule has 1 aromatic heterocycles. The SMILES string of the molecule is CCNCCCCn1ccnc1-c1ccccc1. The van der Waals surface area contributed by atoms with Crippen LogP contribution in [0.4, 0.5) is 0 Å². The van der Waals surface area contributed by atoms with Gasteiger partial charge in [0.15, 0.2) is 0 Å². The Morgan fingerprint density at radius 1 is 1.17 bits per heavy atom. The highest BCUT2D eigenvalue weighted by atomic mass is 15.1. The third kappa shape index (κ3) is 3.44. The molecule has 2 rings (SSSR count). The first-order chi connectivity index (χ1) is 8.92. The fraction of sp³-hybridized carbons (Fsp3) is 0.400. The molecule has 0 atom stereocenters.